The first-order chi connectivity index (χ1) is 11.8. The molecule has 118 valence electrons. The largest absolute Gasteiger partial charge is 0.267 e. The van der Waals surface area contributed by atoms with E-state index in [9.17, 15) is 4.39 Å². The maximum Gasteiger partial charge on any atom is 0.123 e. The molecular weight excluding hydrogens is 321 g/mol. The first kappa shape index (κ1) is 14.8. The van der Waals surface area contributed by atoms with Crippen LogP contribution in [-0.2, 0) is 6.54 Å². The average Bonchev–Trinajstić information content (AvgIpc) is 3.26. The van der Waals surface area contributed by atoms with Crippen molar-refractivity contribution in [3.05, 3.63) is 83.8 Å². The molecule has 0 aliphatic heterocycles. The van der Waals surface area contributed by atoms with Gasteiger partial charge in [0.15, 0.2) is 0 Å². The molecule has 24 heavy (non-hydrogen) atoms. The zero-order valence-corrected chi connectivity index (χ0v) is 13.6. The first-order valence-electron chi connectivity index (χ1n) is 7.57. The van der Waals surface area contributed by atoms with Crippen LogP contribution in [0.25, 0.3) is 21.8 Å². The number of nitrogens with zero attached hydrogens (tertiary/aromatic N) is 3. The van der Waals surface area contributed by atoms with E-state index in [-0.39, 0.29) is 5.82 Å². The molecule has 0 aliphatic rings. The minimum absolute atomic E-state index is 0.253. The highest BCUT2D eigenvalue weighted by molar-refractivity contribution is 7.15. The summed E-state index contributed by atoms with van der Waals surface area (Å²) in [6.07, 6.45) is 3.79. The van der Waals surface area contributed by atoms with Crippen molar-refractivity contribution < 1.29 is 4.39 Å². The Hall–Kier alpha value is -2.79. The van der Waals surface area contributed by atoms with Crippen LogP contribution in [0.2, 0.25) is 0 Å². The van der Waals surface area contributed by atoms with Gasteiger partial charge in [-0.15, -0.1) is 11.3 Å². The molecule has 0 atom stereocenters. The summed E-state index contributed by atoms with van der Waals surface area (Å²) in [5, 5.41) is 5.53. The molecular formula is C19H14FN3S. The van der Waals surface area contributed by atoms with E-state index in [1.165, 1.54) is 12.1 Å². The van der Waals surface area contributed by atoms with Crippen LogP contribution >= 0.6 is 11.3 Å². The fourth-order valence-corrected chi connectivity index (χ4v) is 3.42. The highest BCUT2D eigenvalue weighted by Gasteiger charge is 2.07. The van der Waals surface area contributed by atoms with Crippen molar-refractivity contribution in [3.63, 3.8) is 0 Å². The van der Waals surface area contributed by atoms with Gasteiger partial charge in [-0.25, -0.2) is 9.37 Å². The Kier molecular flexibility index (Phi) is 3.92. The van der Waals surface area contributed by atoms with Gasteiger partial charge in [0, 0.05) is 28.4 Å². The minimum Gasteiger partial charge on any atom is -0.267 e. The third-order valence-corrected chi connectivity index (χ3v) is 4.68. The Labute approximate surface area is 143 Å². The van der Waals surface area contributed by atoms with Gasteiger partial charge in [-0.2, -0.15) is 5.10 Å². The molecule has 0 N–H and O–H groups in total. The van der Waals surface area contributed by atoms with Crippen LogP contribution in [0, 0.1) is 5.82 Å². The number of halogens is 1. The molecule has 5 heteroatoms. The molecule has 4 aromatic rings. The fraction of sp³-hybridized carbons (Fsp3) is 0.0526. The highest BCUT2D eigenvalue weighted by atomic mass is 32.1. The van der Waals surface area contributed by atoms with Gasteiger partial charge < -0.3 is 0 Å². The summed E-state index contributed by atoms with van der Waals surface area (Å²) in [5.74, 6) is -0.253. The summed E-state index contributed by atoms with van der Waals surface area (Å²) < 4.78 is 15.2. The second kappa shape index (κ2) is 6.37. The zero-order valence-electron chi connectivity index (χ0n) is 12.8. The van der Waals surface area contributed by atoms with E-state index in [0.717, 1.165) is 26.7 Å². The quantitative estimate of drug-likeness (QED) is 0.533. The van der Waals surface area contributed by atoms with E-state index in [0.29, 0.717) is 6.54 Å². The number of benzene rings is 2. The van der Waals surface area contributed by atoms with Crippen LogP contribution in [0.1, 0.15) is 4.88 Å². The Bertz CT molecular complexity index is 959. The van der Waals surface area contributed by atoms with Crippen molar-refractivity contribution in [1.82, 2.24) is 14.8 Å². The Balaban J connectivity index is 1.54. The third kappa shape index (κ3) is 3.12. The normalized spacial score (nSPS) is 10.9. The molecule has 0 aliphatic carbocycles. The van der Waals surface area contributed by atoms with Crippen LogP contribution in [-0.4, -0.2) is 14.8 Å². The summed E-state index contributed by atoms with van der Waals surface area (Å²) in [4.78, 5) is 5.61. The summed E-state index contributed by atoms with van der Waals surface area (Å²) >= 11 is 1.66. The maximum absolute atomic E-state index is 13.3. The van der Waals surface area contributed by atoms with Crippen LogP contribution in [0.5, 0.6) is 0 Å². The highest BCUT2D eigenvalue weighted by Crippen LogP contribution is 2.25. The molecule has 0 saturated heterocycles. The minimum atomic E-state index is -0.253. The Morgan fingerprint density at radius 1 is 0.958 bits per heavy atom. The SMILES string of the molecule is Fc1cccc(-c2ccn(Cc3cnc(-c4ccccc4)s3)n2)c1. The molecule has 2 aromatic carbocycles. The van der Waals surface area contributed by atoms with Crippen molar-refractivity contribution >= 4 is 11.3 Å². The van der Waals surface area contributed by atoms with Crippen molar-refractivity contribution in [2.75, 3.05) is 0 Å². The lowest BCUT2D eigenvalue weighted by Gasteiger charge is -1.99. The molecule has 0 saturated carbocycles. The van der Waals surface area contributed by atoms with Crippen molar-refractivity contribution in [1.29, 1.82) is 0 Å². The molecule has 2 heterocycles. The molecule has 2 aromatic heterocycles. The zero-order chi connectivity index (χ0) is 16.4. The number of hydrogen-bond donors (Lipinski definition) is 0. The van der Waals surface area contributed by atoms with Crippen molar-refractivity contribution in [2.45, 2.75) is 6.54 Å². The van der Waals surface area contributed by atoms with Gasteiger partial charge in [-0.05, 0) is 18.2 Å². The van der Waals surface area contributed by atoms with Gasteiger partial charge in [0.25, 0.3) is 0 Å². The number of rotatable bonds is 4. The predicted molar refractivity (Wildman–Crippen MR) is 94.3 cm³/mol. The standard InChI is InChI=1S/C19H14FN3S/c20-16-8-4-7-15(11-16)18-9-10-23(22-18)13-17-12-21-19(24-17)14-5-2-1-3-6-14/h1-12H,13H2. The molecule has 0 amide bonds. The summed E-state index contributed by atoms with van der Waals surface area (Å²) in [6, 6.07) is 18.5. The topological polar surface area (TPSA) is 30.7 Å². The lowest BCUT2D eigenvalue weighted by molar-refractivity contribution is 0.628. The predicted octanol–water partition coefficient (Wildman–Crippen LogP) is 4.86. The van der Waals surface area contributed by atoms with Gasteiger partial charge >= 0.3 is 0 Å². The van der Waals surface area contributed by atoms with E-state index < -0.39 is 0 Å². The Morgan fingerprint density at radius 3 is 2.62 bits per heavy atom. The Morgan fingerprint density at radius 2 is 1.79 bits per heavy atom. The summed E-state index contributed by atoms with van der Waals surface area (Å²) in [6.45, 7) is 0.653. The summed E-state index contributed by atoms with van der Waals surface area (Å²) in [5.41, 5.74) is 2.67. The monoisotopic (exact) mass is 335 g/mol. The molecule has 3 nitrogen and oxygen atoms in total. The average molecular weight is 335 g/mol. The molecule has 0 spiro atoms. The van der Waals surface area contributed by atoms with Crippen LogP contribution in [0.15, 0.2) is 73.1 Å². The smallest absolute Gasteiger partial charge is 0.123 e. The van der Waals surface area contributed by atoms with Gasteiger partial charge in [-0.1, -0.05) is 42.5 Å². The molecule has 0 unspecified atom stereocenters. The maximum atomic E-state index is 13.3. The molecule has 0 radical (unpaired) electrons. The van der Waals surface area contributed by atoms with Gasteiger partial charge in [-0.3, -0.25) is 4.68 Å². The molecule has 0 fully saturated rings. The lowest BCUT2D eigenvalue weighted by atomic mass is 10.1. The second-order valence-electron chi connectivity index (χ2n) is 5.41. The molecule has 0 bridgehead atoms. The lowest BCUT2D eigenvalue weighted by Crippen LogP contribution is -1.98. The number of aromatic nitrogens is 3. The first-order valence-corrected chi connectivity index (χ1v) is 8.39. The number of hydrogen-bond acceptors (Lipinski definition) is 3. The molecule has 4 rings (SSSR count). The second-order valence-corrected chi connectivity index (χ2v) is 6.52. The van der Waals surface area contributed by atoms with E-state index in [4.69, 9.17) is 0 Å². The van der Waals surface area contributed by atoms with Crippen molar-refractivity contribution in [2.24, 2.45) is 0 Å². The van der Waals surface area contributed by atoms with Crippen LogP contribution in [0.4, 0.5) is 4.39 Å². The van der Waals surface area contributed by atoms with E-state index >= 15 is 0 Å². The van der Waals surface area contributed by atoms with Crippen molar-refractivity contribution in [3.8, 4) is 21.8 Å². The third-order valence-electron chi connectivity index (χ3n) is 3.65. The van der Waals surface area contributed by atoms with Crippen LogP contribution in [0.3, 0.4) is 0 Å². The van der Waals surface area contributed by atoms with E-state index in [2.05, 4.69) is 22.2 Å². The van der Waals surface area contributed by atoms with Crippen LogP contribution < -0.4 is 0 Å². The van der Waals surface area contributed by atoms with E-state index in [1.807, 2.05) is 47.4 Å². The van der Waals surface area contributed by atoms with Gasteiger partial charge in [0.2, 0.25) is 0 Å². The van der Waals surface area contributed by atoms with Gasteiger partial charge in [0.1, 0.15) is 10.8 Å². The van der Waals surface area contributed by atoms with E-state index in [1.54, 1.807) is 17.4 Å². The number of thiazole rings is 1. The summed E-state index contributed by atoms with van der Waals surface area (Å²) in [7, 11) is 0. The van der Waals surface area contributed by atoms with Gasteiger partial charge in [0.05, 0.1) is 12.2 Å². The fourth-order valence-electron chi connectivity index (χ4n) is 2.51.